The smallest absolute Gasteiger partial charge is 0.305 e. The third-order valence-electron chi connectivity index (χ3n) is 2.93. The van der Waals surface area contributed by atoms with Crippen LogP contribution in [0.4, 0.5) is 10.1 Å². The zero-order valence-electron chi connectivity index (χ0n) is 9.19. The molecule has 0 spiro atoms. The molecule has 0 amide bonds. The highest BCUT2D eigenvalue weighted by Gasteiger charge is 2.32. The number of nitrogens with zero attached hydrogens (tertiary/aromatic N) is 1. The van der Waals surface area contributed by atoms with Gasteiger partial charge in [0.15, 0.2) is 0 Å². The summed E-state index contributed by atoms with van der Waals surface area (Å²) >= 11 is 0. The molecule has 1 unspecified atom stereocenters. The first kappa shape index (κ1) is 11.9. The molecule has 1 aromatic carbocycles. The van der Waals surface area contributed by atoms with E-state index in [2.05, 4.69) is 0 Å². The van der Waals surface area contributed by atoms with Crippen LogP contribution in [0.2, 0.25) is 0 Å². The molecule has 92 valence electrons. The molecule has 1 aromatic rings. The molecule has 0 aromatic heterocycles. The van der Waals surface area contributed by atoms with Crippen molar-refractivity contribution in [3.05, 3.63) is 39.7 Å². The maximum Gasteiger partial charge on any atom is 0.305 e. The minimum absolute atomic E-state index is 0.251. The lowest BCUT2D eigenvalue weighted by Gasteiger charge is -2.21. The minimum Gasteiger partial charge on any atom is -0.379 e. The normalized spacial score (nSPS) is 23.9. The van der Waals surface area contributed by atoms with E-state index in [-0.39, 0.29) is 12.0 Å². The summed E-state index contributed by atoms with van der Waals surface area (Å²) in [5, 5.41) is 10.6. The van der Waals surface area contributed by atoms with Crippen LogP contribution in [0.25, 0.3) is 0 Å². The summed E-state index contributed by atoms with van der Waals surface area (Å²) in [6, 6.07) is 4.14. The Kier molecular flexibility index (Phi) is 3.08. The molecule has 1 saturated heterocycles. The van der Waals surface area contributed by atoms with E-state index in [4.69, 9.17) is 10.5 Å². The van der Waals surface area contributed by atoms with Gasteiger partial charge in [-0.25, -0.2) is 0 Å². The second-order valence-electron chi connectivity index (χ2n) is 4.35. The number of rotatable bonds is 3. The molecule has 1 fully saturated rings. The van der Waals surface area contributed by atoms with Gasteiger partial charge in [-0.2, -0.15) is 4.39 Å². The third kappa shape index (κ3) is 2.42. The number of ether oxygens (including phenoxy) is 1. The van der Waals surface area contributed by atoms with E-state index in [1.165, 1.54) is 12.1 Å². The number of nitrogens with two attached hydrogens (primary N) is 1. The summed E-state index contributed by atoms with van der Waals surface area (Å²) in [4.78, 5) is 9.87. The largest absolute Gasteiger partial charge is 0.379 e. The minimum atomic E-state index is -0.797. The van der Waals surface area contributed by atoms with Crippen LogP contribution < -0.4 is 5.73 Å². The highest BCUT2D eigenvalue weighted by atomic mass is 19.1. The molecule has 1 aliphatic rings. The standard InChI is InChI=1S/C11H13FN2O3/c12-10-8(2-1-3-9(10)14(15)16)6-11(13)4-5-17-7-11/h1-3H,4-7,13H2. The van der Waals surface area contributed by atoms with E-state index in [1.54, 1.807) is 0 Å². The quantitative estimate of drug-likeness (QED) is 0.639. The fraction of sp³-hybridized carbons (Fsp3) is 0.455. The third-order valence-corrected chi connectivity index (χ3v) is 2.93. The van der Waals surface area contributed by atoms with Gasteiger partial charge in [0.05, 0.1) is 11.5 Å². The topological polar surface area (TPSA) is 78.4 Å². The average Bonchev–Trinajstić information content (AvgIpc) is 2.68. The molecule has 1 atom stereocenters. The van der Waals surface area contributed by atoms with E-state index in [9.17, 15) is 14.5 Å². The van der Waals surface area contributed by atoms with Crippen molar-refractivity contribution in [1.82, 2.24) is 0 Å². The van der Waals surface area contributed by atoms with Gasteiger partial charge < -0.3 is 10.5 Å². The zero-order valence-corrected chi connectivity index (χ0v) is 9.19. The van der Waals surface area contributed by atoms with Gasteiger partial charge in [-0.05, 0) is 18.4 Å². The number of benzene rings is 1. The Morgan fingerprint density at radius 3 is 2.94 bits per heavy atom. The van der Waals surface area contributed by atoms with Crippen LogP contribution in [0.1, 0.15) is 12.0 Å². The van der Waals surface area contributed by atoms with Gasteiger partial charge in [0, 0.05) is 18.2 Å². The number of halogens is 1. The Balaban J connectivity index is 2.27. The lowest BCUT2D eigenvalue weighted by molar-refractivity contribution is -0.387. The number of nitro benzene ring substituents is 1. The van der Waals surface area contributed by atoms with E-state index in [0.717, 1.165) is 6.07 Å². The van der Waals surface area contributed by atoms with Crippen LogP contribution in [0, 0.1) is 15.9 Å². The fourth-order valence-corrected chi connectivity index (χ4v) is 1.99. The van der Waals surface area contributed by atoms with Crippen molar-refractivity contribution < 1.29 is 14.1 Å². The average molecular weight is 240 g/mol. The molecule has 2 rings (SSSR count). The van der Waals surface area contributed by atoms with Crippen LogP contribution in [0.5, 0.6) is 0 Å². The number of nitro groups is 1. The predicted molar refractivity (Wildman–Crippen MR) is 59.1 cm³/mol. The summed E-state index contributed by atoms with van der Waals surface area (Å²) in [7, 11) is 0. The van der Waals surface area contributed by atoms with Crippen molar-refractivity contribution in [2.75, 3.05) is 13.2 Å². The van der Waals surface area contributed by atoms with Crippen LogP contribution in [0.3, 0.4) is 0 Å². The molecular weight excluding hydrogens is 227 g/mol. The molecule has 0 saturated carbocycles. The van der Waals surface area contributed by atoms with Crippen LogP contribution >= 0.6 is 0 Å². The molecular formula is C11H13FN2O3. The lowest BCUT2D eigenvalue weighted by atomic mass is 9.91. The Morgan fingerprint density at radius 2 is 2.35 bits per heavy atom. The Labute approximate surface area is 97.5 Å². The molecule has 0 radical (unpaired) electrons. The molecule has 6 heteroatoms. The summed E-state index contributed by atoms with van der Waals surface area (Å²) in [6.07, 6.45) is 0.885. The van der Waals surface area contributed by atoms with Crippen LogP contribution in [0.15, 0.2) is 18.2 Å². The molecule has 0 aliphatic carbocycles. The monoisotopic (exact) mass is 240 g/mol. The first-order valence-electron chi connectivity index (χ1n) is 5.30. The Morgan fingerprint density at radius 1 is 1.59 bits per heavy atom. The summed E-state index contributed by atoms with van der Waals surface area (Å²) < 4.78 is 19.0. The Hall–Kier alpha value is -1.53. The number of hydrogen-bond donors (Lipinski definition) is 1. The molecule has 1 aliphatic heterocycles. The number of hydrogen-bond acceptors (Lipinski definition) is 4. The first-order valence-corrected chi connectivity index (χ1v) is 5.30. The van der Waals surface area contributed by atoms with Crippen molar-refractivity contribution >= 4 is 5.69 Å². The van der Waals surface area contributed by atoms with Gasteiger partial charge in [-0.1, -0.05) is 12.1 Å². The van der Waals surface area contributed by atoms with Crippen molar-refractivity contribution in [1.29, 1.82) is 0 Å². The second kappa shape index (κ2) is 4.38. The van der Waals surface area contributed by atoms with E-state index in [0.29, 0.717) is 19.6 Å². The highest BCUT2D eigenvalue weighted by Crippen LogP contribution is 2.26. The van der Waals surface area contributed by atoms with E-state index in [1.807, 2.05) is 0 Å². The van der Waals surface area contributed by atoms with Gasteiger partial charge in [0.25, 0.3) is 0 Å². The maximum absolute atomic E-state index is 13.8. The van der Waals surface area contributed by atoms with E-state index < -0.39 is 22.0 Å². The maximum atomic E-state index is 13.8. The first-order chi connectivity index (χ1) is 8.02. The van der Waals surface area contributed by atoms with Gasteiger partial charge in [-0.3, -0.25) is 10.1 Å². The lowest BCUT2D eigenvalue weighted by Crippen LogP contribution is -2.42. The van der Waals surface area contributed by atoms with Crippen LogP contribution in [-0.4, -0.2) is 23.7 Å². The van der Waals surface area contributed by atoms with Gasteiger partial charge >= 0.3 is 5.69 Å². The summed E-state index contributed by atoms with van der Waals surface area (Å²) in [5.41, 5.74) is 5.17. The molecule has 5 nitrogen and oxygen atoms in total. The van der Waals surface area contributed by atoms with Gasteiger partial charge in [-0.15, -0.1) is 0 Å². The van der Waals surface area contributed by atoms with Gasteiger partial charge in [0.1, 0.15) is 0 Å². The predicted octanol–water partition coefficient (Wildman–Crippen LogP) is 1.39. The molecule has 0 bridgehead atoms. The second-order valence-corrected chi connectivity index (χ2v) is 4.35. The summed E-state index contributed by atoms with van der Waals surface area (Å²) in [6.45, 7) is 0.905. The van der Waals surface area contributed by atoms with Crippen molar-refractivity contribution in [3.63, 3.8) is 0 Å². The zero-order chi connectivity index (χ0) is 12.5. The van der Waals surface area contributed by atoms with Crippen molar-refractivity contribution in [2.45, 2.75) is 18.4 Å². The molecule has 1 heterocycles. The van der Waals surface area contributed by atoms with Crippen molar-refractivity contribution in [3.8, 4) is 0 Å². The highest BCUT2D eigenvalue weighted by molar-refractivity contribution is 5.37. The Bertz CT molecular complexity index is 444. The van der Waals surface area contributed by atoms with Crippen molar-refractivity contribution in [2.24, 2.45) is 5.73 Å². The molecule has 2 N–H and O–H groups in total. The summed E-state index contributed by atoms with van der Waals surface area (Å²) in [5.74, 6) is -0.797. The van der Waals surface area contributed by atoms with Gasteiger partial charge in [0.2, 0.25) is 5.82 Å². The van der Waals surface area contributed by atoms with Crippen LogP contribution in [-0.2, 0) is 11.2 Å². The fourth-order valence-electron chi connectivity index (χ4n) is 1.99. The molecule has 17 heavy (non-hydrogen) atoms. The SMILES string of the molecule is NC1(Cc2cccc([N+](=O)[O-])c2F)CCOC1. The van der Waals surface area contributed by atoms with E-state index >= 15 is 0 Å².